The van der Waals surface area contributed by atoms with Crippen LogP contribution in [0.5, 0.6) is 0 Å². The van der Waals surface area contributed by atoms with Crippen LogP contribution in [0.3, 0.4) is 0 Å². The minimum atomic E-state index is 0.593. The zero-order valence-electron chi connectivity index (χ0n) is 29.5. The van der Waals surface area contributed by atoms with Gasteiger partial charge in [0.2, 0.25) is 0 Å². The summed E-state index contributed by atoms with van der Waals surface area (Å²) in [5, 5.41) is 27.5. The van der Waals surface area contributed by atoms with Gasteiger partial charge in [-0.15, -0.1) is 0 Å². The molecule has 0 spiro atoms. The fraction of sp³-hybridized carbons (Fsp3) is 0. The highest BCUT2D eigenvalue weighted by Crippen LogP contribution is 2.39. The molecule has 3 aromatic heterocycles. The topological polar surface area (TPSA) is 62.4 Å². The maximum atomic E-state index is 10.5. The SMILES string of the molecule is N#Cc1ccc(-c2cccc(-n3c4ccccc4c4cccc(C#N)c43)c2)cc1-n1c2ccccc2c2cc(-n3c4ccccc4c4ccccc43)ccc21. The molecule has 3 heterocycles. The van der Waals surface area contributed by atoms with Gasteiger partial charge < -0.3 is 13.7 Å². The average Bonchev–Trinajstić information content (AvgIpc) is 3.89. The maximum Gasteiger partial charge on any atom is 0.101 e. The van der Waals surface area contributed by atoms with Crippen molar-refractivity contribution in [1.82, 2.24) is 13.7 Å². The van der Waals surface area contributed by atoms with E-state index in [2.05, 4.69) is 165 Å². The van der Waals surface area contributed by atoms with Crippen molar-refractivity contribution in [2.45, 2.75) is 0 Å². The van der Waals surface area contributed by atoms with Crippen molar-refractivity contribution in [2.24, 2.45) is 0 Å². The maximum absolute atomic E-state index is 10.5. The zero-order chi connectivity index (χ0) is 36.6. The average molecular weight is 700 g/mol. The Hall–Kier alpha value is -7.86. The first-order valence-corrected chi connectivity index (χ1v) is 18.3. The Kier molecular flexibility index (Phi) is 6.61. The molecule has 8 aromatic carbocycles. The first-order valence-electron chi connectivity index (χ1n) is 18.3. The second-order valence-corrected chi connectivity index (χ2v) is 14.0. The first kappa shape index (κ1) is 30.7. The van der Waals surface area contributed by atoms with E-state index >= 15 is 0 Å². The van der Waals surface area contributed by atoms with Gasteiger partial charge in [0.15, 0.2) is 0 Å². The number of rotatable bonds is 4. The van der Waals surface area contributed by atoms with Crippen molar-refractivity contribution in [3.63, 3.8) is 0 Å². The summed E-state index contributed by atoms with van der Waals surface area (Å²) in [5.74, 6) is 0. The van der Waals surface area contributed by atoms with Gasteiger partial charge in [-0.25, -0.2) is 0 Å². The van der Waals surface area contributed by atoms with Crippen molar-refractivity contribution in [2.75, 3.05) is 0 Å². The smallest absolute Gasteiger partial charge is 0.101 e. The van der Waals surface area contributed by atoms with Crippen LogP contribution in [0.25, 0.3) is 93.6 Å². The monoisotopic (exact) mass is 699 g/mol. The third kappa shape index (κ3) is 4.45. The lowest BCUT2D eigenvalue weighted by molar-refractivity contribution is 1.16. The Balaban J connectivity index is 1.11. The van der Waals surface area contributed by atoms with Gasteiger partial charge in [-0.3, -0.25) is 0 Å². The third-order valence-corrected chi connectivity index (χ3v) is 11.1. The molecule has 5 heteroatoms. The normalized spacial score (nSPS) is 11.6. The van der Waals surface area contributed by atoms with E-state index in [-0.39, 0.29) is 0 Å². The van der Waals surface area contributed by atoms with E-state index < -0.39 is 0 Å². The van der Waals surface area contributed by atoms with E-state index in [1.54, 1.807) is 0 Å². The first-order chi connectivity index (χ1) is 27.2. The standard InChI is InChI=1S/C50H29N5/c51-30-34-24-23-33(32-11-9-13-36(27-32)54-46-21-7-3-16-40(46)42-18-10-12-35(31-52)50(42)54)28-49(34)55-47-22-8-4-17-41(47)43-29-37(25-26-48(43)55)53-44-19-5-1-14-38(44)39-15-2-6-20-45(39)53/h1-29H. The van der Waals surface area contributed by atoms with E-state index in [0.29, 0.717) is 11.1 Å². The molecule has 0 unspecified atom stereocenters. The van der Waals surface area contributed by atoms with Gasteiger partial charge in [-0.05, 0) is 83.9 Å². The summed E-state index contributed by atoms with van der Waals surface area (Å²) in [6.07, 6.45) is 0. The molecule has 0 amide bonds. The summed E-state index contributed by atoms with van der Waals surface area (Å²) in [7, 11) is 0. The fourth-order valence-electron chi connectivity index (χ4n) is 8.75. The zero-order valence-corrected chi connectivity index (χ0v) is 29.5. The van der Waals surface area contributed by atoms with Crippen LogP contribution in [0.15, 0.2) is 176 Å². The Labute approximate surface area is 316 Å². The molecule has 0 radical (unpaired) electrons. The summed E-state index contributed by atoms with van der Waals surface area (Å²) in [6.45, 7) is 0. The summed E-state index contributed by atoms with van der Waals surface area (Å²) in [5.41, 5.74) is 12.4. The number of hydrogen-bond donors (Lipinski definition) is 0. The van der Waals surface area contributed by atoms with Crippen LogP contribution in [0.1, 0.15) is 11.1 Å². The van der Waals surface area contributed by atoms with E-state index in [1.807, 2.05) is 36.4 Å². The molecule has 254 valence electrons. The van der Waals surface area contributed by atoms with Crippen molar-refractivity contribution in [3.8, 4) is 40.3 Å². The minimum Gasteiger partial charge on any atom is -0.309 e. The van der Waals surface area contributed by atoms with Crippen LogP contribution in [-0.4, -0.2) is 13.7 Å². The fourth-order valence-corrected chi connectivity index (χ4v) is 8.75. The molecule has 11 aromatic rings. The van der Waals surface area contributed by atoms with Gasteiger partial charge in [0.25, 0.3) is 0 Å². The Bertz CT molecular complexity index is 3420. The molecule has 0 bridgehead atoms. The van der Waals surface area contributed by atoms with Gasteiger partial charge >= 0.3 is 0 Å². The number of para-hydroxylation sites is 5. The molecule has 0 saturated carbocycles. The van der Waals surface area contributed by atoms with E-state index in [4.69, 9.17) is 0 Å². The predicted octanol–water partition coefficient (Wildman–Crippen LogP) is 12.4. The highest BCUT2D eigenvalue weighted by Gasteiger charge is 2.20. The lowest BCUT2D eigenvalue weighted by Gasteiger charge is -2.14. The number of hydrogen-bond acceptors (Lipinski definition) is 2. The van der Waals surface area contributed by atoms with E-state index in [9.17, 15) is 10.5 Å². The molecule has 5 nitrogen and oxygen atoms in total. The number of aromatic nitrogens is 3. The number of nitrogens with zero attached hydrogens (tertiary/aromatic N) is 5. The molecular weight excluding hydrogens is 671 g/mol. The summed E-state index contributed by atoms with van der Waals surface area (Å²) in [6, 6.07) is 65.9. The molecule has 0 N–H and O–H groups in total. The van der Waals surface area contributed by atoms with Gasteiger partial charge in [0.1, 0.15) is 12.1 Å². The third-order valence-electron chi connectivity index (χ3n) is 11.1. The lowest BCUT2D eigenvalue weighted by Crippen LogP contribution is -1.99. The molecule has 55 heavy (non-hydrogen) atoms. The largest absolute Gasteiger partial charge is 0.309 e. The van der Waals surface area contributed by atoms with Crippen LogP contribution in [0.4, 0.5) is 0 Å². The summed E-state index contributed by atoms with van der Waals surface area (Å²) < 4.78 is 6.78. The molecule has 0 aliphatic heterocycles. The van der Waals surface area contributed by atoms with Crippen molar-refractivity contribution in [1.29, 1.82) is 10.5 Å². The van der Waals surface area contributed by atoms with Crippen molar-refractivity contribution < 1.29 is 0 Å². The van der Waals surface area contributed by atoms with E-state index in [1.165, 1.54) is 21.8 Å². The minimum absolute atomic E-state index is 0.593. The number of nitriles is 2. The van der Waals surface area contributed by atoms with Gasteiger partial charge in [-0.1, -0.05) is 103 Å². The molecule has 0 fully saturated rings. The molecule has 0 aliphatic carbocycles. The Morgan fingerprint density at radius 1 is 0.327 bits per heavy atom. The molecule has 0 aliphatic rings. The van der Waals surface area contributed by atoms with Crippen molar-refractivity contribution >= 4 is 65.4 Å². The second-order valence-electron chi connectivity index (χ2n) is 14.0. The quantitative estimate of drug-likeness (QED) is 0.184. The highest BCUT2D eigenvalue weighted by molar-refractivity contribution is 6.13. The van der Waals surface area contributed by atoms with E-state index in [0.717, 1.165) is 71.8 Å². The molecule has 0 atom stereocenters. The van der Waals surface area contributed by atoms with Crippen LogP contribution >= 0.6 is 0 Å². The van der Waals surface area contributed by atoms with Crippen LogP contribution in [0.2, 0.25) is 0 Å². The van der Waals surface area contributed by atoms with Crippen molar-refractivity contribution in [3.05, 3.63) is 187 Å². The predicted molar refractivity (Wildman–Crippen MR) is 224 cm³/mol. The summed E-state index contributed by atoms with van der Waals surface area (Å²) >= 11 is 0. The number of fused-ring (bicyclic) bond motifs is 9. The van der Waals surface area contributed by atoms with Crippen LogP contribution in [0, 0.1) is 22.7 Å². The second kappa shape index (κ2) is 11.8. The van der Waals surface area contributed by atoms with Gasteiger partial charge in [0.05, 0.1) is 49.9 Å². The summed E-state index contributed by atoms with van der Waals surface area (Å²) in [4.78, 5) is 0. The lowest BCUT2D eigenvalue weighted by atomic mass is 10.0. The Morgan fingerprint density at radius 2 is 0.836 bits per heavy atom. The Morgan fingerprint density at radius 3 is 1.51 bits per heavy atom. The highest BCUT2D eigenvalue weighted by atomic mass is 15.0. The van der Waals surface area contributed by atoms with Crippen LogP contribution < -0.4 is 0 Å². The molecule has 11 rings (SSSR count). The number of benzene rings is 8. The van der Waals surface area contributed by atoms with Crippen LogP contribution in [-0.2, 0) is 0 Å². The molecule has 0 saturated heterocycles. The van der Waals surface area contributed by atoms with Gasteiger partial charge in [0, 0.05) is 43.7 Å². The van der Waals surface area contributed by atoms with Gasteiger partial charge in [-0.2, -0.15) is 10.5 Å². The molecular formula is C50H29N5.